The van der Waals surface area contributed by atoms with Crippen molar-refractivity contribution >= 4 is 27.7 Å². The average molecular weight is 369 g/mol. The van der Waals surface area contributed by atoms with Crippen LogP contribution in [0.2, 0.25) is 0 Å². The van der Waals surface area contributed by atoms with E-state index in [1.165, 1.54) is 11.3 Å². The zero-order valence-corrected chi connectivity index (χ0v) is 15.6. The van der Waals surface area contributed by atoms with Crippen molar-refractivity contribution in [3.63, 3.8) is 0 Å². The van der Waals surface area contributed by atoms with Crippen LogP contribution in [0.5, 0.6) is 0 Å². The highest BCUT2D eigenvalue weighted by molar-refractivity contribution is 9.10. The lowest BCUT2D eigenvalue weighted by Crippen LogP contribution is -2.55. The van der Waals surface area contributed by atoms with Crippen LogP contribution in [-0.2, 0) is 4.74 Å². The molecule has 0 aromatic heterocycles. The molecule has 1 fully saturated rings. The summed E-state index contributed by atoms with van der Waals surface area (Å²) in [4.78, 5) is 16.4. The number of rotatable bonds is 1. The number of hydrogen-bond donors (Lipinski definition) is 0. The Kier molecular flexibility index (Phi) is 5.05. The van der Waals surface area contributed by atoms with Gasteiger partial charge in [0.1, 0.15) is 5.60 Å². The summed E-state index contributed by atoms with van der Waals surface area (Å²) in [5, 5.41) is 0. The maximum absolute atomic E-state index is 12.3. The Morgan fingerprint density at radius 1 is 1.32 bits per heavy atom. The molecule has 0 saturated carbocycles. The van der Waals surface area contributed by atoms with Crippen molar-refractivity contribution in [3.05, 3.63) is 28.2 Å². The van der Waals surface area contributed by atoms with Crippen LogP contribution in [0, 0.1) is 6.92 Å². The van der Waals surface area contributed by atoms with Gasteiger partial charge in [-0.05, 0) is 52.3 Å². The number of halogens is 1. The van der Waals surface area contributed by atoms with Crippen molar-refractivity contribution in [2.24, 2.45) is 0 Å². The van der Waals surface area contributed by atoms with E-state index in [0.29, 0.717) is 6.54 Å². The van der Waals surface area contributed by atoms with Crippen LogP contribution in [0.15, 0.2) is 22.7 Å². The minimum Gasteiger partial charge on any atom is -0.444 e. The number of hydrogen-bond acceptors (Lipinski definition) is 3. The Labute approximate surface area is 141 Å². The van der Waals surface area contributed by atoms with E-state index in [9.17, 15) is 4.79 Å². The van der Waals surface area contributed by atoms with E-state index < -0.39 is 5.60 Å². The molecule has 1 aliphatic rings. The molecule has 1 amide bonds. The quantitative estimate of drug-likeness (QED) is 0.744. The minimum absolute atomic E-state index is 0.127. The molecule has 1 saturated heterocycles. The Hall–Kier alpha value is -1.23. The SMILES string of the molecule is Cc1c(Br)cccc1N1CCN(C(=O)OC(C)(C)C)[C@@H](C)C1. The molecule has 0 aliphatic carbocycles. The second kappa shape index (κ2) is 6.49. The summed E-state index contributed by atoms with van der Waals surface area (Å²) in [6.45, 7) is 12.2. The Balaban J connectivity index is 2.07. The van der Waals surface area contributed by atoms with E-state index in [-0.39, 0.29) is 12.1 Å². The number of amides is 1. The van der Waals surface area contributed by atoms with Gasteiger partial charge >= 0.3 is 6.09 Å². The summed E-state index contributed by atoms with van der Waals surface area (Å²) in [6.07, 6.45) is -0.217. The van der Waals surface area contributed by atoms with Gasteiger partial charge in [0, 0.05) is 35.8 Å². The fourth-order valence-electron chi connectivity index (χ4n) is 2.71. The van der Waals surface area contributed by atoms with Crippen LogP contribution in [0.3, 0.4) is 0 Å². The van der Waals surface area contributed by atoms with Gasteiger partial charge in [-0.3, -0.25) is 0 Å². The standard InChI is InChI=1S/C17H25BrN2O2/c1-12-11-19(15-8-6-7-14(18)13(15)2)9-10-20(12)16(21)22-17(3,4)5/h6-8,12H,9-11H2,1-5H3/t12-/m0/s1. The van der Waals surface area contributed by atoms with Crippen molar-refractivity contribution < 1.29 is 9.53 Å². The van der Waals surface area contributed by atoms with E-state index in [4.69, 9.17) is 4.74 Å². The highest BCUT2D eigenvalue weighted by atomic mass is 79.9. The molecular weight excluding hydrogens is 344 g/mol. The van der Waals surface area contributed by atoms with Crippen molar-refractivity contribution in [3.8, 4) is 0 Å². The van der Waals surface area contributed by atoms with Gasteiger partial charge in [0.05, 0.1) is 0 Å². The molecule has 5 heteroatoms. The van der Waals surface area contributed by atoms with E-state index in [1.54, 1.807) is 0 Å². The lowest BCUT2D eigenvalue weighted by Gasteiger charge is -2.41. The fourth-order valence-corrected chi connectivity index (χ4v) is 3.06. The highest BCUT2D eigenvalue weighted by Crippen LogP contribution is 2.28. The number of ether oxygens (including phenoxy) is 1. The monoisotopic (exact) mass is 368 g/mol. The van der Waals surface area contributed by atoms with Crippen LogP contribution in [0.1, 0.15) is 33.3 Å². The molecular formula is C17H25BrN2O2. The first kappa shape index (κ1) is 17.1. The maximum atomic E-state index is 12.3. The predicted molar refractivity (Wildman–Crippen MR) is 93.5 cm³/mol. The first-order valence-electron chi connectivity index (χ1n) is 7.69. The number of piperazine rings is 1. The number of carbonyl (C=O) groups is 1. The molecule has 1 aromatic rings. The van der Waals surface area contributed by atoms with Crippen LogP contribution in [0.25, 0.3) is 0 Å². The zero-order valence-electron chi connectivity index (χ0n) is 14.0. The topological polar surface area (TPSA) is 32.8 Å². The molecule has 0 unspecified atom stereocenters. The third-order valence-electron chi connectivity index (χ3n) is 3.84. The van der Waals surface area contributed by atoms with E-state index in [2.05, 4.69) is 52.9 Å². The molecule has 2 rings (SSSR count). The summed E-state index contributed by atoms with van der Waals surface area (Å²) in [5.74, 6) is 0. The largest absolute Gasteiger partial charge is 0.444 e. The van der Waals surface area contributed by atoms with Gasteiger partial charge in [-0.1, -0.05) is 22.0 Å². The van der Waals surface area contributed by atoms with Gasteiger partial charge in [-0.2, -0.15) is 0 Å². The third kappa shape index (κ3) is 3.94. The number of anilines is 1. The summed E-state index contributed by atoms with van der Waals surface area (Å²) in [6, 6.07) is 6.37. The average Bonchev–Trinajstić information content (AvgIpc) is 2.39. The lowest BCUT2D eigenvalue weighted by molar-refractivity contribution is 0.0159. The molecule has 4 nitrogen and oxygen atoms in total. The van der Waals surface area contributed by atoms with Gasteiger partial charge in [0.2, 0.25) is 0 Å². The summed E-state index contributed by atoms with van der Waals surface area (Å²) in [7, 11) is 0. The Morgan fingerprint density at radius 2 is 2.00 bits per heavy atom. The van der Waals surface area contributed by atoms with Gasteiger partial charge in [-0.25, -0.2) is 4.79 Å². The van der Waals surface area contributed by atoms with Crippen LogP contribution in [0.4, 0.5) is 10.5 Å². The van der Waals surface area contributed by atoms with E-state index in [1.807, 2.05) is 25.7 Å². The molecule has 0 spiro atoms. The second-order valence-corrected chi connectivity index (χ2v) is 7.71. The van der Waals surface area contributed by atoms with Gasteiger partial charge in [0.25, 0.3) is 0 Å². The smallest absolute Gasteiger partial charge is 0.410 e. The van der Waals surface area contributed by atoms with Crippen LogP contribution >= 0.6 is 15.9 Å². The van der Waals surface area contributed by atoms with Crippen molar-refractivity contribution in [2.75, 3.05) is 24.5 Å². The van der Waals surface area contributed by atoms with Crippen LogP contribution in [-0.4, -0.2) is 42.3 Å². The molecule has 1 atom stereocenters. The Bertz CT molecular complexity index is 554. The van der Waals surface area contributed by atoms with Crippen molar-refractivity contribution in [1.82, 2.24) is 4.90 Å². The minimum atomic E-state index is -0.450. The molecule has 0 N–H and O–H groups in total. The van der Waals surface area contributed by atoms with Gasteiger partial charge < -0.3 is 14.5 Å². The molecule has 1 heterocycles. The first-order valence-corrected chi connectivity index (χ1v) is 8.48. The maximum Gasteiger partial charge on any atom is 0.410 e. The molecule has 1 aromatic carbocycles. The first-order chi connectivity index (χ1) is 10.2. The van der Waals surface area contributed by atoms with Crippen molar-refractivity contribution in [2.45, 2.75) is 46.3 Å². The van der Waals surface area contributed by atoms with E-state index in [0.717, 1.165) is 17.6 Å². The third-order valence-corrected chi connectivity index (χ3v) is 4.69. The van der Waals surface area contributed by atoms with Gasteiger partial charge in [0.15, 0.2) is 0 Å². The molecule has 122 valence electrons. The summed E-state index contributed by atoms with van der Waals surface area (Å²) >= 11 is 3.58. The summed E-state index contributed by atoms with van der Waals surface area (Å²) < 4.78 is 6.61. The Morgan fingerprint density at radius 3 is 2.59 bits per heavy atom. The molecule has 0 radical (unpaired) electrons. The number of nitrogens with zero attached hydrogens (tertiary/aromatic N) is 2. The predicted octanol–water partition coefficient (Wildman–Crippen LogP) is 4.20. The van der Waals surface area contributed by atoms with Crippen molar-refractivity contribution in [1.29, 1.82) is 0 Å². The summed E-state index contributed by atoms with van der Waals surface area (Å²) in [5.41, 5.74) is 2.01. The normalized spacial score (nSPS) is 19.3. The van der Waals surface area contributed by atoms with Crippen LogP contribution < -0.4 is 4.90 Å². The second-order valence-electron chi connectivity index (χ2n) is 6.85. The fraction of sp³-hybridized carbons (Fsp3) is 0.588. The molecule has 22 heavy (non-hydrogen) atoms. The lowest BCUT2D eigenvalue weighted by atomic mass is 10.1. The molecule has 1 aliphatic heterocycles. The zero-order chi connectivity index (χ0) is 16.5. The van der Waals surface area contributed by atoms with E-state index >= 15 is 0 Å². The number of carbonyl (C=O) groups excluding carboxylic acids is 1. The highest BCUT2D eigenvalue weighted by Gasteiger charge is 2.31. The molecule has 0 bridgehead atoms. The van der Waals surface area contributed by atoms with Gasteiger partial charge in [-0.15, -0.1) is 0 Å². The number of benzene rings is 1.